The van der Waals surface area contributed by atoms with Crippen molar-refractivity contribution < 1.29 is 5.11 Å². The van der Waals surface area contributed by atoms with Crippen LogP contribution in [0.3, 0.4) is 0 Å². The Kier molecular flexibility index (Phi) is 8.27. The second-order valence-corrected chi connectivity index (χ2v) is 4.54. The van der Waals surface area contributed by atoms with Gasteiger partial charge < -0.3 is 15.7 Å². The van der Waals surface area contributed by atoms with E-state index in [1.165, 1.54) is 0 Å². The smallest absolute Gasteiger partial charge is 0.191 e. The number of rotatable bonds is 5. The van der Waals surface area contributed by atoms with Gasteiger partial charge in [-0.05, 0) is 36.8 Å². The Bertz CT molecular complexity index is 572. The number of guanidine groups is 1. The Balaban J connectivity index is 0.00000242. The maximum atomic E-state index is 9.26. The average Bonchev–Trinajstić information content (AvgIpc) is 2.52. The molecule has 0 aliphatic heterocycles. The molecule has 0 amide bonds. The number of aromatic nitrogens is 1. The molecule has 0 bridgehead atoms. The first kappa shape index (κ1) is 18.2. The number of aromatic hydroxyl groups is 1. The van der Waals surface area contributed by atoms with E-state index in [0.717, 1.165) is 23.8 Å². The van der Waals surface area contributed by atoms with E-state index in [9.17, 15) is 5.11 Å². The third-order valence-electron chi connectivity index (χ3n) is 2.86. The van der Waals surface area contributed by atoms with Crippen molar-refractivity contribution in [2.75, 3.05) is 6.54 Å². The van der Waals surface area contributed by atoms with Crippen LogP contribution in [0.25, 0.3) is 0 Å². The Labute approximate surface area is 147 Å². The first-order chi connectivity index (χ1) is 10.3. The predicted octanol–water partition coefficient (Wildman–Crippen LogP) is 2.66. The van der Waals surface area contributed by atoms with Crippen LogP contribution >= 0.6 is 24.0 Å². The summed E-state index contributed by atoms with van der Waals surface area (Å²) in [4.78, 5) is 8.78. The highest BCUT2D eigenvalue weighted by molar-refractivity contribution is 14.0. The summed E-state index contributed by atoms with van der Waals surface area (Å²) in [6.07, 6.45) is 1.78. The molecule has 5 nitrogen and oxygen atoms in total. The normalized spacial score (nSPS) is 10.7. The van der Waals surface area contributed by atoms with Crippen LogP contribution in [0.2, 0.25) is 0 Å². The minimum Gasteiger partial charge on any atom is -0.508 e. The van der Waals surface area contributed by atoms with Crippen LogP contribution in [-0.4, -0.2) is 22.6 Å². The van der Waals surface area contributed by atoms with E-state index in [-0.39, 0.29) is 29.7 Å². The lowest BCUT2D eigenvalue weighted by molar-refractivity contribution is 0.475. The molecular formula is C16H21IN4O. The Morgan fingerprint density at radius 1 is 1.14 bits per heavy atom. The zero-order chi connectivity index (χ0) is 14.9. The molecule has 0 radical (unpaired) electrons. The van der Waals surface area contributed by atoms with Crippen LogP contribution in [-0.2, 0) is 13.1 Å². The molecule has 0 fully saturated rings. The van der Waals surface area contributed by atoms with Crippen molar-refractivity contribution in [3.63, 3.8) is 0 Å². The summed E-state index contributed by atoms with van der Waals surface area (Å²) >= 11 is 0. The van der Waals surface area contributed by atoms with E-state index in [1.54, 1.807) is 18.3 Å². The molecule has 3 N–H and O–H groups in total. The number of nitrogens with zero attached hydrogens (tertiary/aromatic N) is 2. The molecular weight excluding hydrogens is 391 g/mol. The summed E-state index contributed by atoms with van der Waals surface area (Å²) in [7, 11) is 0. The molecule has 0 aliphatic carbocycles. The highest BCUT2D eigenvalue weighted by Crippen LogP contribution is 2.10. The Morgan fingerprint density at radius 3 is 2.55 bits per heavy atom. The van der Waals surface area contributed by atoms with E-state index in [2.05, 4.69) is 20.6 Å². The zero-order valence-electron chi connectivity index (χ0n) is 12.5. The van der Waals surface area contributed by atoms with Gasteiger partial charge in [-0.25, -0.2) is 4.99 Å². The third-order valence-corrected chi connectivity index (χ3v) is 2.86. The molecule has 1 aromatic heterocycles. The number of pyridine rings is 1. The largest absolute Gasteiger partial charge is 0.508 e. The SMILES string of the molecule is CCNC(=NCc1ccc(O)cc1)NCc1ccccn1.I. The van der Waals surface area contributed by atoms with E-state index in [0.29, 0.717) is 13.1 Å². The number of halogens is 1. The molecule has 1 aromatic carbocycles. The van der Waals surface area contributed by atoms with Gasteiger partial charge in [0.1, 0.15) is 5.75 Å². The van der Waals surface area contributed by atoms with Crippen LogP contribution in [0.5, 0.6) is 5.75 Å². The number of benzene rings is 1. The molecule has 0 saturated carbocycles. The van der Waals surface area contributed by atoms with Crippen molar-refractivity contribution in [2.45, 2.75) is 20.0 Å². The molecule has 2 rings (SSSR count). The second-order valence-electron chi connectivity index (χ2n) is 4.54. The van der Waals surface area contributed by atoms with Crippen molar-refractivity contribution in [3.05, 3.63) is 59.9 Å². The van der Waals surface area contributed by atoms with Crippen molar-refractivity contribution >= 4 is 29.9 Å². The number of hydrogen-bond donors (Lipinski definition) is 3. The molecule has 22 heavy (non-hydrogen) atoms. The highest BCUT2D eigenvalue weighted by atomic mass is 127. The maximum Gasteiger partial charge on any atom is 0.191 e. The molecule has 6 heteroatoms. The minimum atomic E-state index is 0. The van der Waals surface area contributed by atoms with Crippen molar-refractivity contribution in [1.82, 2.24) is 15.6 Å². The van der Waals surface area contributed by atoms with Gasteiger partial charge in [-0.15, -0.1) is 24.0 Å². The lowest BCUT2D eigenvalue weighted by atomic mass is 10.2. The number of aliphatic imine (C=N–C) groups is 1. The molecule has 0 saturated heterocycles. The number of phenolic OH excluding ortho intramolecular Hbond substituents is 1. The van der Waals surface area contributed by atoms with Gasteiger partial charge in [0.2, 0.25) is 0 Å². The number of hydrogen-bond acceptors (Lipinski definition) is 3. The maximum absolute atomic E-state index is 9.26. The van der Waals surface area contributed by atoms with Gasteiger partial charge in [-0.2, -0.15) is 0 Å². The van der Waals surface area contributed by atoms with E-state index in [4.69, 9.17) is 0 Å². The van der Waals surface area contributed by atoms with Gasteiger partial charge in [0.05, 0.1) is 18.8 Å². The van der Waals surface area contributed by atoms with Crippen LogP contribution < -0.4 is 10.6 Å². The standard InChI is InChI=1S/C16H20N4O.HI/c1-2-17-16(20-12-14-5-3-4-10-18-14)19-11-13-6-8-15(21)9-7-13;/h3-10,21H,2,11-12H2,1H3,(H2,17,19,20);1H. The number of nitrogens with one attached hydrogen (secondary N) is 2. The van der Waals surface area contributed by atoms with Gasteiger partial charge in [0.15, 0.2) is 5.96 Å². The zero-order valence-corrected chi connectivity index (χ0v) is 14.8. The van der Waals surface area contributed by atoms with Gasteiger partial charge in [0.25, 0.3) is 0 Å². The van der Waals surface area contributed by atoms with E-state index < -0.39 is 0 Å². The minimum absolute atomic E-state index is 0. The van der Waals surface area contributed by atoms with Crippen molar-refractivity contribution in [1.29, 1.82) is 0 Å². The topological polar surface area (TPSA) is 69.5 Å². The van der Waals surface area contributed by atoms with Crippen molar-refractivity contribution in [3.8, 4) is 5.75 Å². The molecule has 1 heterocycles. The lowest BCUT2D eigenvalue weighted by Gasteiger charge is -2.11. The third kappa shape index (κ3) is 6.30. The highest BCUT2D eigenvalue weighted by Gasteiger charge is 1.99. The van der Waals surface area contributed by atoms with Crippen LogP contribution in [0.1, 0.15) is 18.2 Å². The van der Waals surface area contributed by atoms with Gasteiger partial charge in [0, 0.05) is 12.7 Å². The monoisotopic (exact) mass is 412 g/mol. The lowest BCUT2D eigenvalue weighted by Crippen LogP contribution is -2.36. The Morgan fingerprint density at radius 2 is 1.91 bits per heavy atom. The Hall–Kier alpha value is -1.83. The van der Waals surface area contributed by atoms with E-state index >= 15 is 0 Å². The summed E-state index contributed by atoms with van der Waals surface area (Å²) in [5, 5.41) is 15.7. The average molecular weight is 412 g/mol. The van der Waals surface area contributed by atoms with Gasteiger partial charge >= 0.3 is 0 Å². The van der Waals surface area contributed by atoms with Crippen LogP contribution in [0.15, 0.2) is 53.7 Å². The van der Waals surface area contributed by atoms with Crippen LogP contribution in [0, 0.1) is 0 Å². The fourth-order valence-electron chi connectivity index (χ4n) is 1.79. The molecule has 0 atom stereocenters. The first-order valence-corrected chi connectivity index (χ1v) is 6.98. The molecule has 0 spiro atoms. The van der Waals surface area contributed by atoms with E-state index in [1.807, 2.05) is 37.3 Å². The predicted molar refractivity (Wildman–Crippen MR) is 99.4 cm³/mol. The molecule has 2 aromatic rings. The summed E-state index contributed by atoms with van der Waals surface area (Å²) in [6, 6.07) is 12.9. The first-order valence-electron chi connectivity index (χ1n) is 6.98. The number of phenols is 1. The molecule has 0 unspecified atom stereocenters. The molecule has 0 aliphatic rings. The fraction of sp³-hybridized carbons (Fsp3) is 0.250. The van der Waals surface area contributed by atoms with Gasteiger partial charge in [-0.1, -0.05) is 18.2 Å². The summed E-state index contributed by atoms with van der Waals surface area (Å²) in [6.45, 7) is 4.00. The van der Waals surface area contributed by atoms with Crippen molar-refractivity contribution in [2.24, 2.45) is 4.99 Å². The fourth-order valence-corrected chi connectivity index (χ4v) is 1.79. The van der Waals surface area contributed by atoms with Gasteiger partial charge in [-0.3, -0.25) is 4.98 Å². The quantitative estimate of drug-likeness (QED) is 0.401. The summed E-state index contributed by atoms with van der Waals surface area (Å²) in [5.41, 5.74) is 2.01. The summed E-state index contributed by atoms with van der Waals surface area (Å²) in [5.74, 6) is 1.01. The van der Waals surface area contributed by atoms with Crippen LogP contribution in [0.4, 0.5) is 0 Å². The molecule has 118 valence electrons. The summed E-state index contributed by atoms with van der Waals surface area (Å²) < 4.78 is 0. The second kappa shape index (κ2) is 9.99.